The van der Waals surface area contributed by atoms with Crippen LogP contribution < -0.4 is 5.32 Å². The number of hydrogen-bond acceptors (Lipinski definition) is 6. The van der Waals surface area contributed by atoms with Crippen molar-refractivity contribution in [2.45, 2.75) is 39.2 Å². The van der Waals surface area contributed by atoms with Gasteiger partial charge in [0.05, 0.1) is 31.0 Å². The van der Waals surface area contributed by atoms with Gasteiger partial charge in [-0.1, -0.05) is 45.0 Å². The first kappa shape index (κ1) is 26.9. The predicted octanol–water partition coefficient (Wildman–Crippen LogP) is 4.92. The highest BCUT2D eigenvalue weighted by atomic mass is 16.5. The van der Waals surface area contributed by atoms with Crippen LogP contribution in [-0.4, -0.2) is 61.4 Å². The number of hydrogen-bond donors (Lipinski definition) is 1. The predicted molar refractivity (Wildman–Crippen MR) is 160 cm³/mol. The molecule has 0 radical (unpaired) electrons. The summed E-state index contributed by atoms with van der Waals surface area (Å²) in [4.78, 5) is 24.5. The number of carbonyl (C=O) groups is 1. The maximum atomic E-state index is 13.2. The van der Waals surface area contributed by atoms with Crippen molar-refractivity contribution < 1.29 is 9.53 Å². The second-order valence-corrected chi connectivity index (χ2v) is 11.5. The number of aromatic nitrogens is 5. The molecule has 1 fully saturated rings. The molecule has 41 heavy (non-hydrogen) atoms. The number of carbonyl (C=O) groups excluding carboxylic acids is 1. The summed E-state index contributed by atoms with van der Waals surface area (Å²) in [5.74, 6) is 0.562. The van der Waals surface area contributed by atoms with Gasteiger partial charge in [-0.2, -0.15) is 5.10 Å². The first-order valence-corrected chi connectivity index (χ1v) is 14.0. The molecule has 210 valence electrons. The fraction of sp³-hybridized carbons (Fsp3) is 0.312. The number of rotatable bonds is 7. The van der Waals surface area contributed by atoms with Gasteiger partial charge in [-0.25, -0.2) is 14.6 Å². The van der Waals surface area contributed by atoms with Gasteiger partial charge >= 0.3 is 0 Å². The number of anilines is 1. The largest absolute Gasteiger partial charge is 0.379 e. The Balaban J connectivity index is 1.17. The van der Waals surface area contributed by atoms with E-state index in [1.165, 1.54) is 5.56 Å². The van der Waals surface area contributed by atoms with E-state index < -0.39 is 0 Å². The van der Waals surface area contributed by atoms with Gasteiger partial charge in [0.2, 0.25) is 5.91 Å². The van der Waals surface area contributed by atoms with Crippen molar-refractivity contribution >= 4 is 22.9 Å². The third-order valence-electron chi connectivity index (χ3n) is 7.32. The maximum absolute atomic E-state index is 13.2. The molecule has 9 nitrogen and oxygen atoms in total. The van der Waals surface area contributed by atoms with Crippen LogP contribution in [0.3, 0.4) is 0 Å². The van der Waals surface area contributed by atoms with Crippen molar-refractivity contribution in [1.29, 1.82) is 0 Å². The van der Waals surface area contributed by atoms with E-state index in [4.69, 9.17) is 9.84 Å². The van der Waals surface area contributed by atoms with E-state index in [-0.39, 0.29) is 17.7 Å². The minimum Gasteiger partial charge on any atom is -0.379 e. The van der Waals surface area contributed by atoms with Gasteiger partial charge < -0.3 is 10.1 Å². The zero-order valence-electron chi connectivity index (χ0n) is 23.7. The van der Waals surface area contributed by atoms with E-state index in [0.29, 0.717) is 5.82 Å². The second-order valence-electron chi connectivity index (χ2n) is 11.5. The standard InChI is InChI=1S/C32H35N7O2/c1-32(2,3)28-20-29(39(36-28)26-12-8-24(9-13-26)21-37-15-17-41-18-16-37)35-30(40)19-23-6-10-25(11-7-23)38-22-34-27-5-4-14-33-31(27)38/h4-14,20,22H,15-19,21H2,1-3H3,(H,35,40). The summed E-state index contributed by atoms with van der Waals surface area (Å²) < 4.78 is 9.24. The van der Waals surface area contributed by atoms with Gasteiger partial charge in [-0.3, -0.25) is 14.3 Å². The van der Waals surface area contributed by atoms with Gasteiger partial charge in [-0.15, -0.1) is 0 Å². The average molecular weight is 550 g/mol. The van der Waals surface area contributed by atoms with Crippen LogP contribution >= 0.6 is 0 Å². The van der Waals surface area contributed by atoms with Crippen molar-refractivity contribution in [3.8, 4) is 11.4 Å². The molecule has 0 atom stereocenters. The third kappa shape index (κ3) is 6.06. The molecule has 0 spiro atoms. The van der Waals surface area contributed by atoms with E-state index in [2.05, 4.69) is 65.2 Å². The number of morpholine rings is 1. The fourth-order valence-electron chi connectivity index (χ4n) is 4.98. The lowest BCUT2D eigenvalue weighted by molar-refractivity contribution is -0.115. The molecule has 2 aromatic carbocycles. The molecule has 0 unspecified atom stereocenters. The molecule has 1 N–H and O–H groups in total. The molecule has 1 aliphatic heterocycles. The molecule has 1 saturated heterocycles. The Morgan fingerprint density at radius 3 is 2.37 bits per heavy atom. The van der Waals surface area contributed by atoms with Crippen molar-refractivity contribution in [2.24, 2.45) is 0 Å². The van der Waals surface area contributed by atoms with Crippen molar-refractivity contribution in [1.82, 2.24) is 29.2 Å². The highest BCUT2D eigenvalue weighted by Crippen LogP contribution is 2.27. The zero-order chi connectivity index (χ0) is 28.4. The van der Waals surface area contributed by atoms with E-state index in [0.717, 1.165) is 66.6 Å². The molecule has 4 heterocycles. The van der Waals surface area contributed by atoms with Crippen molar-refractivity contribution in [3.63, 3.8) is 0 Å². The van der Waals surface area contributed by atoms with E-state index in [1.807, 2.05) is 51.7 Å². The summed E-state index contributed by atoms with van der Waals surface area (Å²) in [6.07, 6.45) is 3.77. The highest BCUT2D eigenvalue weighted by Gasteiger charge is 2.22. The summed E-state index contributed by atoms with van der Waals surface area (Å²) in [7, 11) is 0. The highest BCUT2D eigenvalue weighted by molar-refractivity contribution is 5.92. The van der Waals surface area contributed by atoms with Crippen LogP contribution in [0, 0.1) is 0 Å². The Kier molecular flexibility index (Phi) is 7.38. The van der Waals surface area contributed by atoms with Gasteiger partial charge in [-0.05, 0) is 47.5 Å². The SMILES string of the molecule is CC(C)(C)c1cc(NC(=O)Cc2ccc(-n3cnc4cccnc43)cc2)n(-c2ccc(CN3CCOCC3)cc2)n1. The van der Waals surface area contributed by atoms with Gasteiger partial charge in [0.25, 0.3) is 0 Å². The monoisotopic (exact) mass is 549 g/mol. The minimum absolute atomic E-state index is 0.0990. The summed E-state index contributed by atoms with van der Waals surface area (Å²) in [6.45, 7) is 10.7. The Bertz CT molecular complexity index is 1640. The van der Waals surface area contributed by atoms with E-state index in [9.17, 15) is 4.79 Å². The summed E-state index contributed by atoms with van der Waals surface area (Å²) in [5.41, 5.74) is 6.40. The molecule has 5 aromatic rings. The van der Waals surface area contributed by atoms with Gasteiger partial charge in [0, 0.05) is 43.0 Å². The number of benzene rings is 2. The molecule has 0 saturated carbocycles. The van der Waals surface area contributed by atoms with Crippen LogP contribution in [0.1, 0.15) is 37.6 Å². The molecule has 6 rings (SSSR count). The van der Waals surface area contributed by atoms with Crippen LogP contribution in [0.4, 0.5) is 5.82 Å². The molecule has 1 aliphatic rings. The number of imidazole rings is 1. The zero-order valence-corrected chi connectivity index (χ0v) is 23.7. The summed E-state index contributed by atoms with van der Waals surface area (Å²) in [5, 5.41) is 7.99. The molecule has 9 heteroatoms. The number of pyridine rings is 1. The quantitative estimate of drug-likeness (QED) is 0.310. The van der Waals surface area contributed by atoms with Crippen LogP contribution in [0.15, 0.2) is 79.3 Å². The average Bonchev–Trinajstić information content (AvgIpc) is 3.59. The van der Waals surface area contributed by atoms with Crippen LogP contribution in [0.5, 0.6) is 0 Å². The van der Waals surface area contributed by atoms with Gasteiger partial charge in [0.15, 0.2) is 5.65 Å². The van der Waals surface area contributed by atoms with Crippen LogP contribution in [0.2, 0.25) is 0 Å². The molecular formula is C32H35N7O2. The van der Waals surface area contributed by atoms with E-state index >= 15 is 0 Å². The van der Waals surface area contributed by atoms with Gasteiger partial charge in [0.1, 0.15) is 17.7 Å². The Hall–Kier alpha value is -4.34. The van der Waals surface area contributed by atoms with Crippen LogP contribution in [-0.2, 0) is 27.9 Å². The lowest BCUT2D eigenvalue weighted by Gasteiger charge is -2.26. The molecular weight excluding hydrogens is 514 g/mol. The van der Waals surface area contributed by atoms with Crippen molar-refractivity contribution in [3.05, 3.63) is 96.1 Å². The molecule has 1 amide bonds. The summed E-state index contributed by atoms with van der Waals surface area (Å²) in [6, 6.07) is 22.1. The number of fused-ring (bicyclic) bond motifs is 1. The Labute approximate surface area is 239 Å². The molecule has 0 bridgehead atoms. The number of nitrogens with one attached hydrogen (secondary N) is 1. The lowest BCUT2D eigenvalue weighted by Crippen LogP contribution is -2.35. The second kappa shape index (κ2) is 11.3. The van der Waals surface area contributed by atoms with Crippen molar-refractivity contribution in [2.75, 3.05) is 31.6 Å². The fourth-order valence-corrected chi connectivity index (χ4v) is 4.98. The van der Waals surface area contributed by atoms with Crippen LogP contribution in [0.25, 0.3) is 22.5 Å². The minimum atomic E-state index is -0.164. The number of nitrogens with zero attached hydrogens (tertiary/aromatic N) is 6. The number of amides is 1. The maximum Gasteiger partial charge on any atom is 0.229 e. The molecule has 3 aromatic heterocycles. The molecule has 0 aliphatic carbocycles. The smallest absolute Gasteiger partial charge is 0.229 e. The number of ether oxygens (including phenoxy) is 1. The normalized spacial score (nSPS) is 14.4. The first-order valence-electron chi connectivity index (χ1n) is 14.0. The van der Waals surface area contributed by atoms with E-state index in [1.54, 1.807) is 12.5 Å². The first-order chi connectivity index (χ1) is 19.8. The lowest BCUT2D eigenvalue weighted by atomic mass is 9.92. The summed E-state index contributed by atoms with van der Waals surface area (Å²) >= 11 is 0. The Morgan fingerprint density at radius 1 is 0.927 bits per heavy atom. The third-order valence-corrected chi connectivity index (χ3v) is 7.32. The topological polar surface area (TPSA) is 90.1 Å². The Morgan fingerprint density at radius 2 is 1.63 bits per heavy atom.